The molecule has 1 aromatic rings. The number of benzene rings is 1. The minimum Gasteiger partial charge on any atom is -0.490 e. The quantitative estimate of drug-likeness (QED) is 0.859. The van der Waals surface area contributed by atoms with E-state index in [2.05, 4.69) is 0 Å². The molecule has 0 saturated carbocycles. The van der Waals surface area contributed by atoms with Crippen molar-refractivity contribution in [1.29, 1.82) is 0 Å². The Bertz CT molecular complexity index is 495. The molecule has 0 spiro atoms. The van der Waals surface area contributed by atoms with Crippen molar-refractivity contribution in [2.75, 3.05) is 12.4 Å². The highest BCUT2D eigenvalue weighted by atomic mass is 32.2. The molecule has 2 N–H and O–H groups in total. The second-order valence-electron chi connectivity index (χ2n) is 4.65. The Morgan fingerprint density at radius 1 is 1.28 bits per heavy atom. The zero-order valence-electron chi connectivity index (χ0n) is 11.1. The molecule has 0 aliphatic carbocycles. The number of ether oxygens (including phenoxy) is 1. The fourth-order valence-corrected chi connectivity index (χ4v) is 2.36. The predicted octanol–water partition coefficient (Wildman–Crippen LogP) is 1.99. The summed E-state index contributed by atoms with van der Waals surface area (Å²) in [6.07, 6.45) is 0.760. The average Bonchev–Trinajstić information content (AvgIpc) is 2.37. The van der Waals surface area contributed by atoms with E-state index in [1.165, 1.54) is 0 Å². The molecule has 1 rings (SSSR count). The van der Waals surface area contributed by atoms with Crippen molar-refractivity contribution in [2.24, 2.45) is 5.73 Å². The lowest BCUT2D eigenvalue weighted by Gasteiger charge is -2.23. The molecule has 4 nitrogen and oxygen atoms in total. The van der Waals surface area contributed by atoms with E-state index in [9.17, 15) is 8.42 Å². The summed E-state index contributed by atoms with van der Waals surface area (Å²) < 4.78 is 29.4. The van der Waals surface area contributed by atoms with Gasteiger partial charge in [0.05, 0.1) is 5.75 Å². The van der Waals surface area contributed by atoms with Crippen LogP contribution in [0, 0.1) is 0 Å². The van der Waals surface area contributed by atoms with Crippen molar-refractivity contribution < 1.29 is 13.2 Å². The van der Waals surface area contributed by atoms with Crippen molar-refractivity contribution in [3.05, 3.63) is 24.3 Å². The lowest BCUT2D eigenvalue weighted by molar-refractivity contribution is 0.221. The second-order valence-corrected chi connectivity index (χ2v) is 6.89. The monoisotopic (exact) mass is 271 g/mol. The summed E-state index contributed by atoms with van der Waals surface area (Å²) in [7, 11) is -3.27. The van der Waals surface area contributed by atoms with Crippen molar-refractivity contribution >= 4 is 9.84 Å². The zero-order chi connectivity index (χ0) is 13.8. The van der Waals surface area contributed by atoms with Crippen LogP contribution in [0.2, 0.25) is 0 Å². The molecule has 18 heavy (non-hydrogen) atoms. The van der Waals surface area contributed by atoms with E-state index >= 15 is 0 Å². The number of para-hydroxylation sites is 1. The summed E-state index contributed by atoms with van der Waals surface area (Å²) in [6.45, 7) is 5.76. The predicted molar refractivity (Wildman–Crippen MR) is 72.5 cm³/mol. The van der Waals surface area contributed by atoms with Crippen LogP contribution < -0.4 is 10.5 Å². The van der Waals surface area contributed by atoms with Gasteiger partial charge in [0.2, 0.25) is 0 Å². The Morgan fingerprint density at radius 2 is 1.89 bits per heavy atom. The smallest absolute Gasteiger partial charge is 0.181 e. The lowest BCUT2D eigenvalue weighted by atomic mass is 10.0. The maximum Gasteiger partial charge on any atom is 0.181 e. The minimum absolute atomic E-state index is 0.0566. The van der Waals surface area contributed by atoms with Gasteiger partial charge in [0, 0.05) is 5.54 Å². The molecule has 5 heteroatoms. The van der Waals surface area contributed by atoms with E-state index in [1.807, 2.05) is 13.8 Å². The Morgan fingerprint density at radius 3 is 2.44 bits per heavy atom. The highest BCUT2D eigenvalue weighted by molar-refractivity contribution is 7.91. The summed E-state index contributed by atoms with van der Waals surface area (Å²) >= 11 is 0. The Balaban J connectivity index is 2.98. The topological polar surface area (TPSA) is 69.4 Å². The number of nitrogens with two attached hydrogens (primary N) is 1. The van der Waals surface area contributed by atoms with Crippen molar-refractivity contribution in [1.82, 2.24) is 0 Å². The largest absolute Gasteiger partial charge is 0.490 e. The molecule has 0 aromatic heterocycles. The van der Waals surface area contributed by atoms with Gasteiger partial charge in [-0.3, -0.25) is 0 Å². The molecule has 0 heterocycles. The second kappa shape index (κ2) is 5.71. The third-order valence-corrected chi connectivity index (χ3v) is 4.70. The summed E-state index contributed by atoms with van der Waals surface area (Å²) in [5.74, 6) is 0.436. The van der Waals surface area contributed by atoms with Crippen LogP contribution >= 0.6 is 0 Å². The first-order chi connectivity index (χ1) is 8.32. The van der Waals surface area contributed by atoms with Gasteiger partial charge in [0.15, 0.2) is 9.84 Å². The lowest BCUT2D eigenvalue weighted by Crippen LogP contribution is -2.41. The highest BCUT2D eigenvalue weighted by Crippen LogP contribution is 2.25. The van der Waals surface area contributed by atoms with Crippen LogP contribution in [0.1, 0.15) is 27.2 Å². The molecule has 0 aliphatic heterocycles. The molecular weight excluding hydrogens is 250 g/mol. The molecule has 0 bridgehead atoms. The van der Waals surface area contributed by atoms with E-state index in [1.54, 1.807) is 31.2 Å². The van der Waals surface area contributed by atoms with Crippen LogP contribution in [0.4, 0.5) is 0 Å². The van der Waals surface area contributed by atoms with Gasteiger partial charge in [-0.2, -0.15) is 0 Å². The summed E-state index contributed by atoms with van der Waals surface area (Å²) in [4.78, 5) is 0.236. The molecule has 0 saturated heterocycles. The normalized spacial score (nSPS) is 15.1. The first-order valence-electron chi connectivity index (χ1n) is 6.06. The molecule has 0 fully saturated rings. The van der Waals surface area contributed by atoms with Gasteiger partial charge in [-0.25, -0.2) is 8.42 Å². The fraction of sp³-hybridized carbons (Fsp3) is 0.538. The van der Waals surface area contributed by atoms with Crippen LogP contribution in [0.5, 0.6) is 5.75 Å². The first-order valence-corrected chi connectivity index (χ1v) is 7.71. The van der Waals surface area contributed by atoms with Gasteiger partial charge in [0.25, 0.3) is 0 Å². The Labute approximate surface area is 109 Å². The molecule has 102 valence electrons. The van der Waals surface area contributed by atoms with Crippen LogP contribution in [0.25, 0.3) is 0 Å². The van der Waals surface area contributed by atoms with Crippen molar-refractivity contribution in [2.45, 2.75) is 37.6 Å². The van der Waals surface area contributed by atoms with Gasteiger partial charge < -0.3 is 10.5 Å². The molecule has 0 aliphatic rings. The third kappa shape index (κ3) is 3.71. The van der Waals surface area contributed by atoms with Crippen LogP contribution in [-0.4, -0.2) is 26.3 Å². The molecule has 1 unspecified atom stereocenters. The zero-order valence-corrected chi connectivity index (χ0v) is 12.0. The third-order valence-electron chi connectivity index (χ3n) is 2.93. The van der Waals surface area contributed by atoms with Crippen LogP contribution in [-0.2, 0) is 9.84 Å². The van der Waals surface area contributed by atoms with Crippen molar-refractivity contribution in [3.8, 4) is 5.75 Å². The molecule has 0 amide bonds. The van der Waals surface area contributed by atoms with E-state index in [0.29, 0.717) is 12.4 Å². The molecular formula is C13H21NO3S. The SMILES string of the molecule is CCC(C)(N)COc1ccccc1S(=O)(=O)CC. The van der Waals surface area contributed by atoms with Crippen LogP contribution in [0.3, 0.4) is 0 Å². The standard InChI is InChI=1S/C13H21NO3S/c1-4-13(3,14)10-17-11-8-6-7-9-12(11)18(15,16)5-2/h6-9H,4-5,10,14H2,1-3H3. The molecule has 1 aromatic carbocycles. The van der Waals surface area contributed by atoms with Crippen LogP contribution in [0.15, 0.2) is 29.2 Å². The van der Waals surface area contributed by atoms with E-state index < -0.39 is 15.4 Å². The van der Waals surface area contributed by atoms with Gasteiger partial charge in [-0.15, -0.1) is 0 Å². The fourth-order valence-electron chi connectivity index (χ4n) is 1.33. The summed E-state index contributed by atoms with van der Waals surface area (Å²) in [6, 6.07) is 6.67. The van der Waals surface area contributed by atoms with Gasteiger partial charge in [-0.1, -0.05) is 26.0 Å². The maximum absolute atomic E-state index is 11.9. The average molecular weight is 271 g/mol. The highest BCUT2D eigenvalue weighted by Gasteiger charge is 2.21. The van der Waals surface area contributed by atoms with Gasteiger partial charge in [-0.05, 0) is 25.5 Å². The van der Waals surface area contributed by atoms with E-state index in [0.717, 1.165) is 6.42 Å². The van der Waals surface area contributed by atoms with E-state index in [-0.39, 0.29) is 10.6 Å². The number of sulfone groups is 1. The minimum atomic E-state index is -3.27. The molecule has 0 radical (unpaired) electrons. The Hall–Kier alpha value is -1.07. The molecule has 1 atom stereocenters. The Kier molecular flexibility index (Phi) is 4.76. The number of hydrogen-bond donors (Lipinski definition) is 1. The van der Waals surface area contributed by atoms with Gasteiger partial charge in [0.1, 0.15) is 17.3 Å². The van der Waals surface area contributed by atoms with Gasteiger partial charge >= 0.3 is 0 Å². The number of rotatable bonds is 6. The number of hydrogen-bond acceptors (Lipinski definition) is 4. The summed E-state index contributed by atoms with van der Waals surface area (Å²) in [5.41, 5.74) is 5.53. The first kappa shape index (κ1) is 15.0. The van der Waals surface area contributed by atoms with E-state index in [4.69, 9.17) is 10.5 Å². The maximum atomic E-state index is 11.9. The van der Waals surface area contributed by atoms with Crippen molar-refractivity contribution in [3.63, 3.8) is 0 Å². The summed E-state index contributed by atoms with van der Waals surface area (Å²) in [5, 5.41) is 0.